The molecule has 1 N–H and O–H groups in total. The van der Waals surface area contributed by atoms with Gasteiger partial charge in [-0.2, -0.15) is 5.10 Å². The van der Waals surface area contributed by atoms with Crippen LogP contribution in [0.1, 0.15) is 25.8 Å². The Kier molecular flexibility index (Phi) is 5.14. The fraction of sp³-hybridized carbons (Fsp3) is 0.333. The number of rotatable bonds is 5. The molecule has 3 aromatic rings. The summed E-state index contributed by atoms with van der Waals surface area (Å²) in [7, 11) is 0. The Balaban J connectivity index is 1.65. The Morgan fingerprint density at radius 2 is 2.15 bits per heavy atom. The molecule has 6 heteroatoms. The SMILES string of the molecule is C[C@@H](C(=O)NC[C@@H]1CCCO1)n1nc(-c2ccccc2)c2cc(Cl)ccc21. The van der Waals surface area contributed by atoms with E-state index in [-0.39, 0.29) is 12.0 Å². The lowest BCUT2D eigenvalue weighted by Gasteiger charge is -2.16. The van der Waals surface area contributed by atoms with E-state index in [1.165, 1.54) is 0 Å². The molecule has 0 radical (unpaired) electrons. The summed E-state index contributed by atoms with van der Waals surface area (Å²) >= 11 is 6.22. The fourth-order valence-electron chi connectivity index (χ4n) is 3.50. The molecule has 0 aliphatic carbocycles. The van der Waals surface area contributed by atoms with E-state index < -0.39 is 6.04 Å². The Morgan fingerprint density at radius 3 is 2.89 bits per heavy atom. The number of hydrogen-bond donors (Lipinski definition) is 1. The van der Waals surface area contributed by atoms with Crippen molar-refractivity contribution < 1.29 is 9.53 Å². The van der Waals surface area contributed by atoms with E-state index in [1.807, 2.05) is 55.5 Å². The standard InChI is InChI=1S/C21H22ClN3O2/c1-14(21(26)23-13-17-8-5-11-27-17)25-19-10-9-16(22)12-18(19)20(24-25)15-6-3-2-4-7-15/h2-4,6-7,9-10,12,14,17H,5,8,11,13H2,1H3,(H,23,26)/t14-,17-/m0/s1. The minimum absolute atomic E-state index is 0.0653. The van der Waals surface area contributed by atoms with Crippen LogP contribution in [-0.4, -0.2) is 34.9 Å². The van der Waals surface area contributed by atoms with Crippen LogP contribution in [0.4, 0.5) is 0 Å². The molecule has 4 rings (SSSR count). The van der Waals surface area contributed by atoms with E-state index in [1.54, 1.807) is 4.68 Å². The second-order valence-electron chi connectivity index (χ2n) is 6.88. The van der Waals surface area contributed by atoms with Crippen molar-refractivity contribution in [3.8, 4) is 11.3 Å². The summed E-state index contributed by atoms with van der Waals surface area (Å²) in [5, 5.41) is 9.35. The van der Waals surface area contributed by atoms with Gasteiger partial charge in [0, 0.05) is 29.1 Å². The quantitative estimate of drug-likeness (QED) is 0.717. The summed E-state index contributed by atoms with van der Waals surface area (Å²) in [6, 6.07) is 15.1. The van der Waals surface area contributed by atoms with Gasteiger partial charge >= 0.3 is 0 Å². The largest absolute Gasteiger partial charge is 0.376 e. The lowest BCUT2D eigenvalue weighted by atomic mass is 10.1. The maximum atomic E-state index is 12.7. The number of carbonyl (C=O) groups excluding carboxylic acids is 1. The summed E-state index contributed by atoms with van der Waals surface area (Å²) in [5.41, 5.74) is 2.71. The summed E-state index contributed by atoms with van der Waals surface area (Å²) in [6.45, 7) is 3.18. The van der Waals surface area contributed by atoms with Gasteiger partial charge in [0.25, 0.3) is 0 Å². The molecule has 2 heterocycles. The smallest absolute Gasteiger partial charge is 0.244 e. The maximum Gasteiger partial charge on any atom is 0.244 e. The summed E-state index contributed by atoms with van der Waals surface area (Å²) in [4.78, 5) is 12.7. The minimum Gasteiger partial charge on any atom is -0.376 e. The van der Waals surface area contributed by atoms with Crippen LogP contribution in [0.25, 0.3) is 22.2 Å². The van der Waals surface area contributed by atoms with Crippen molar-refractivity contribution in [2.45, 2.75) is 31.9 Å². The van der Waals surface area contributed by atoms with Gasteiger partial charge in [0.2, 0.25) is 5.91 Å². The number of benzene rings is 2. The second kappa shape index (κ2) is 7.71. The third-order valence-electron chi connectivity index (χ3n) is 4.99. The first kappa shape index (κ1) is 18.0. The van der Waals surface area contributed by atoms with E-state index in [2.05, 4.69) is 5.32 Å². The Bertz CT molecular complexity index is 949. The van der Waals surface area contributed by atoms with Crippen LogP contribution in [-0.2, 0) is 9.53 Å². The predicted octanol–water partition coefficient (Wildman–Crippen LogP) is 4.21. The maximum absolute atomic E-state index is 12.7. The highest BCUT2D eigenvalue weighted by Gasteiger charge is 2.23. The van der Waals surface area contributed by atoms with Crippen LogP contribution >= 0.6 is 11.6 Å². The van der Waals surface area contributed by atoms with Gasteiger partial charge in [0.1, 0.15) is 11.7 Å². The van der Waals surface area contributed by atoms with E-state index in [9.17, 15) is 4.79 Å². The van der Waals surface area contributed by atoms with E-state index in [0.717, 1.165) is 41.6 Å². The number of amides is 1. The van der Waals surface area contributed by atoms with Gasteiger partial charge in [-0.25, -0.2) is 0 Å². The number of nitrogens with zero attached hydrogens (tertiary/aromatic N) is 2. The van der Waals surface area contributed by atoms with Gasteiger partial charge in [-0.1, -0.05) is 41.9 Å². The predicted molar refractivity (Wildman–Crippen MR) is 107 cm³/mol. The van der Waals surface area contributed by atoms with Crippen LogP contribution < -0.4 is 5.32 Å². The zero-order valence-electron chi connectivity index (χ0n) is 15.2. The van der Waals surface area contributed by atoms with E-state index in [4.69, 9.17) is 21.4 Å². The lowest BCUT2D eigenvalue weighted by Crippen LogP contribution is -2.36. The molecule has 0 bridgehead atoms. The first-order valence-electron chi connectivity index (χ1n) is 9.26. The van der Waals surface area contributed by atoms with E-state index >= 15 is 0 Å². The number of halogens is 1. The first-order valence-corrected chi connectivity index (χ1v) is 9.64. The molecule has 2 aromatic carbocycles. The normalized spacial score (nSPS) is 17.9. The Labute approximate surface area is 163 Å². The molecular weight excluding hydrogens is 362 g/mol. The fourth-order valence-corrected chi connectivity index (χ4v) is 3.67. The highest BCUT2D eigenvalue weighted by Crippen LogP contribution is 2.31. The molecule has 27 heavy (non-hydrogen) atoms. The van der Waals surface area contributed by atoms with Gasteiger partial charge in [0.05, 0.1) is 11.6 Å². The van der Waals surface area contributed by atoms with Crippen molar-refractivity contribution in [1.82, 2.24) is 15.1 Å². The minimum atomic E-state index is -0.437. The van der Waals surface area contributed by atoms with Crippen molar-refractivity contribution in [3.63, 3.8) is 0 Å². The van der Waals surface area contributed by atoms with Crippen molar-refractivity contribution in [1.29, 1.82) is 0 Å². The number of hydrogen-bond acceptors (Lipinski definition) is 3. The van der Waals surface area contributed by atoms with Crippen molar-refractivity contribution in [2.75, 3.05) is 13.2 Å². The number of nitrogens with one attached hydrogen (secondary N) is 1. The number of aromatic nitrogens is 2. The molecule has 1 amide bonds. The van der Waals surface area contributed by atoms with Crippen molar-refractivity contribution in [2.24, 2.45) is 0 Å². The highest BCUT2D eigenvalue weighted by molar-refractivity contribution is 6.31. The summed E-state index contributed by atoms with van der Waals surface area (Å²) in [6.07, 6.45) is 2.17. The monoisotopic (exact) mass is 383 g/mol. The van der Waals surface area contributed by atoms with Crippen LogP contribution in [0.3, 0.4) is 0 Å². The molecular formula is C21H22ClN3O2. The highest BCUT2D eigenvalue weighted by atomic mass is 35.5. The van der Waals surface area contributed by atoms with Crippen molar-refractivity contribution >= 4 is 28.4 Å². The number of fused-ring (bicyclic) bond motifs is 1. The van der Waals surface area contributed by atoms with Crippen LogP contribution in [0.5, 0.6) is 0 Å². The zero-order valence-corrected chi connectivity index (χ0v) is 15.9. The molecule has 0 unspecified atom stereocenters. The van der Waals surface area contributed by atoms with Crippen LogP contribution in [0.15, 0.2) is 48.5 Å². The van der Waals surface area contributed by atoms with Gasteiger partial charge in [-0.3, -0.25) is 9.48 Å². The molecule has 1 fully saturated rings. The average Bonchev–Trinajstić information content (AvgIpc) is 3.33. The van der Waals surface area contributed by atoms with E-state index in [0.29, 0.717) is 11.6 Å². The molecule has 2 atom stereocenters. The summed E-state index contributed by atoms with van der Waals surface area (Å²) < 4.78 is 7.36. The third kappa shape index (κ3) is 3.70. The molecule has 1 aliphatic heterocycles. The van der Waals surface area contributed by atoms with Crippen LogP contribution in [0, 0.1) is 0 Å². The Hall–Kier alpha value is -2.37. The van der Waals surface area contributed by atoms with Gasteiger partial charge in [-0.15, -0.1) is 0 Å². The Morgan fingerprint density at radius 1 is 1.33 bits per heavy atom. The third-order valence-corrected chi connectivity index (χ3v) is 5.22. The molecule has 1 aromatic heterocycles. The molecule has 1 saturated heterocycles. The van der Waals surface area contributed by atoms with Crippen molar-refractivity contribution in [3.05, 3.63) is 53.6 Å². The number of carbonyl (C=O) groups is 1. The molecule has 0 saturated carbocycles. The lowest BCUT2D eigenvalue weighted by molar-refractivity contribution is -0.124. The topological polar surface area (TPSA) is 56.1 Å². The van der Waals surface area contributed by atoms with Gasteiger partial charge in [0.15, 0.2) is 0 Å². The van der Waals surface area contributed by atoms with Crippen LogP contribution in [0.2, 0.25) is 5.02 Å². The molecule has 1 aliphatic rings. The second-order valence-corrected chi connectivity index (χ2v) is 7.31. The molecule has 140 valence electrons. The molecule has 0 spiro atoms. The van der Waals surface area contributed by atoms with Gasteiger partial charge < -0.3 is 10.1 Å². The molecule has 5 nitrogen and oxygen atoms in total. The zero-order chi connectivity index (χ0) is 18.8. The summed E-state index contributed by atoms with van der Waals surface area (Å²) in [5.74, 6) is -0.0653. The van der Waals surface area contributed by atoms with Gasteiger partial charge in [-0.05, 0) is 38.0 Å². The average molecular weight is 384 g/mol. The number of ether oxygens (including phenoxy) is 1. The first-order chi connectivity index (χ1) is 13.1.